The van der Waals surface area contributed by atoms with Crippen LogP contribution in [0.15, 0.2) is 0 Å². The summed E-state index contributed by atoms with van der Waals surface area (Å²) in [6.45, 7) is 1.35. The highest BCUT2D eigenvalue weighted by molar-refractivity contribution is 6.35. The SMILES string of the molecule is CCC(CO)NC(=O)C(=O)NCC#N. The molecule has 0 saturated carbocycles. The smallest absolute Gasteiger partial charge is 0.310 e. The van der Waals surface area contributed by atoms with Crippen molar-refractivity contribution in [1.82, 2.24) is 10.6 Å². The summed E-state index contributed by atoms with van der Waals surface area (Å²) >= 11 is 0. The second kappa shape index (κ2) is 6.86. The molecular weight excluding hydrogens is 186 g/mol. The fourth-order valence-corrected chi connectivity index (χ4v) is 0.728. The van der Waals surface area contributed by atoms with Crippen molar-refractivity contribution in [1.29, 1.82) is 5.26 Å². The van der Waals surface area contributed by atoms with Gasteiger partial charge in [-0.3, -0.25) is 9.59 Å². The molecule has 6 heteroatoms. The zero-order valence-electron chi connectivity index (χ0n) is 7.91. The summed E-state index contributed by atoms with van der Waals surface area (Å²) in [4.78, 5) is 21.9. The molecule has 0 aliphatic rings. The van der Waals surface area contributed by atoms with Crippen LogP contribution < -0.4 is 10.6 Å². The maximum absolute atomic E-state index is 11.0. The van der Waals surface area contributed by atoms with E-state index in [4.69, 9.17) is 10.4 Å². The van der Waals surface area contributed by atoms with Crippen LogP contribution in [0, 0.1) is 11.3 Å². The molecule has 0 radical (unpaired) electrons. The van der Waals surface area contributed by atoms with Gasteiger partial charge >= 0.3 is 11.8 Å². The van der Waals surface area contributed by atoms with E-state index < -0.39 is 17.9 Å². The molecular formula is C8H13N3O3. The molecule has 1 unspecified atom stereocenters. The summed E-state index contributed by atoms with van der Waals surface area (Å²) in [5, 5.41) is 21.3. The van der Waals surface area contributed by atoms with E-state index in [1.807, 2.05) is 0 Å². The van der Waals surface area contributed by atoms with Crippen molar-refractivity contribution in [2.75, 3.05) is 13.2 Å². The molecule has 78 valence electrons. The van der Waals surface area contributed by atoms with Gasteiger partial charge in [-0.2, -0.15) is 5.26 Å². The molecule has 0 aromatic heterocycles. The average molecular weight is 199 g/mol. The minimum absolute atomic E-state index is 0.206. The minimum Gasteiger partial charge on any atom is -0.394 e. The number of carbonyl (C=O) groups excluding carboxylic acids is 2. The van der Waals surface area contributed by atoms with E-state index in [9.17, 15) is 9.59 Å². The van der Waals surface area contributed by atoms with E-state index in [0.29, 0.717) is 6.42 Å². The second-order valence-electron chi connectivity index (χ2n) is 2.60. The number of carbonyl (C=O) groups is 2. The quantitative estimate of drug-likeness (QED) is 0.379. The predicted octanol–water partition coefficient (Wildman–Crippen LogP) is -1.49. The number of nitrogens with zero attached hydrogens (tertiary/aromatic N) is 1. The molecule has 0 rings (SSSR count). The van der Waals surface area contributed by atoms with Crippen LogP contribution in [-0.4, -0.2) is 36.1 Å². The Morgan fingerprint density at radius 1 is 1.50 bits per heavy atom. The van der Waals surface area contributed by atoms with Crippen molar-refractivity contribution >= 4 is 11.8 Å². The van der Waals surface area contributed by atoms with E-state index in [0.717, 1.165) is 0 Å². The molecule has 0 fully saturated rings. The van der Waals surface area contributed by atoms with E-state index in [1.54, 1.807) is 13.0 Å². The van der Waals surface area contributed by atoms with Crippen molar-refractivity contribution in [3.63, 3.8) is 0 Å². The third-order valence-electron chi connectivity index (χ3n) is 1.58. The lowest BCUT2D eigenvalue weighted by molar-refractivity contribution is -0.139. The number of hydrogen-bond acceptors (Lipinski definition) is 4. The lowest BCUT2D eigenvalue weighted by Crippen LogP contribution is -2.45. The standard InChI is InChI=1S/C8H13N3O3/c1-2-6(5-12)11-8(14)7(13)10-4-3-9/h6,12H,2,4-5H2,1H3,(H,10,13)(H,11,14). The summed E-state index contributed by atoms with van der Waals surface area (Å²) in [6.07, 6.45) is 0.535. The first kappa shape index (κ1) is 12.4. The van der Waals surface area contributed by atoms with Gasteiger partial charge in [0, 0.05) is 0 Å². The summed E-state index contributed by atoms with van der Waals surface area (Å²) in [7, 11) is 0. The normalized spacial score (nSPS) is 11.2. The van der Waals surface area contributed by atoms with Crippen LogP contribution in [-0.2, 0) is 9.59 Å². The van der Waals surface area contributed by atoms with Gasteiger partial charge in [-0.1, -0.05) is 6.92 Å². The van der Waals surface area contributed by atoms with Gasteiger partial charge in [0.05, 0.1) is 18.7 Å². The van der Waals surface area contributed by atoms with Crippen LogP contribution in [0.3, 0.4) is 0 Å². The molecule has 0 aromatic rings. The Morgan fingerprint density at radius 3 is 2.57 bits per heavy atom. The van der Waals surface area contributed by atoms with Crippen LogP contribution in [0.2, 0.25) is 0 Å². The third-order valence-corrected chi connectivity index (χ3v) is 1.58. The second-order valence-corrected chi connectivity index (χ2v) is 2.60. The first-order chi connectivity index (χ1) is 6.65. The van der Waals surface area contributed by atoms with Crippen molar-refractivity contribution in [2.24, 2.45) is 0 Å². The third kappa shape index (κ3) is 4.42. The highest BCUT2D eigenvalue weighted by atomic mass is 16.3. The number of rotatable bonds is 4. The minimum atomic E-state index is -0.863. The largest absolute Gasteiger partial charge is 0.394 e. The van der Waals surface area contributed by atoms with Crippen LogP contribution >= 0.6 is 0 Å². The molecule has 14 heavy (non-hydrogen) atoms. The lowest BCUT2D eigenvalue weighted by Gasteiger charge is -2.12. The highest BCUT2D eigenvalue weighted by Crippen LogP contribution is 1.88. The topological polar surface area (TPSA) is 102 Å². The molecule has 0 spiro atoms. The molecule has 0 aromatic carbocycles. The van der Waals surface area contributed by atoms with Crippen LogP contribution in [0.1, 0.15) is 13.3 Å². The van der Waals surface area contributed by atoms with Gasteiger partial charge in [0.1, 0.15) is 6.54 Å². The highest BCUT2D eigenvalue weighted by Gasteiger charge is 2.15. The van der Waals surface area contributed by atoms with E-state index in [-0.39, 0.29) is 13.2 Å². The summed E-state index contributed by atoms with van der Waals surface area (Å²) < 4.78 is 0. The Balaban J connectivity index is 3.95. The fraction of sp³-hybridized carbons (Fsp3) is 0.625. The fourth-order valence-electron chi connectivity index (χ4n) is 0.728. The molecule has 0 heterocycles. The van der Waals surface area contributed by atoms with Gasteiger partial charge in [0.2, 0.25) is 0 Å². The first-order valence-corrected chi connectivity index (χ1v) is 4.22. The predicted molar refractivity (Wildman–Crippen MR) is 47.9 cm³/mol. The number of hydrogen-bond donors (Lipinski definition) is 3. The number of amides is 2. The van der Waals surface area contributed by atoms with Gasteiger partial charge in [0.25, 0.3) is 0 Å². The zero-order valence-corrected chi connectivity index (χ0v) is 7.91. The van der Waals surface area contributed by atoms with Crippen molar-refractivity contribution in [2.45, 2.75) is 19.4 Å². The van der Waals surface area contributed by atoms with Gasteiger partial charge < -0.3 is 15.7 Å². The van der Waals surface area contributed by atoms with Gasteiger partial charge in [-0.15, -0.1) is 0 Å². The molecule has 0 aliphatic heterocycles. The van der Waals surface area contributed by atoms with Crippen LogP contribution in [0.25, 0.3) is 0 Å². The maximum Gasteiger partial charge on any atom is 0.310 e. The van der Waals surface area contributed by atoms with Crippen molar-refractivity contribution in [3.05, 3.63) is 0 Å². The summed E-state index contributed by atoms with van der Waals surface area (Å²) in [5.41, 5.74) is 0. The Kier molecular flexibility index (Phi) is 6.07. The van der Waals surface area contributed by atoms with E-state index in [1.165, 1.54) is 0 Å². The number of aliphatic hydroxyl groups excluding tert-OH is 1. The van der Waals surface area contributed by atoms with E-state index >= 15 is 0 Å². The molecule has 0 bridgehead atoms. The molecule has 0 aliphatic carbocycles. The van der Waals surface area contributed by atoms with E-state index in [2.05, 4.69) is 10.6 Å². The monoisotopic (exact) mass is 199 g/mol. The molecule has 1 atom stereocenters. The average Bonchev–Trinajstić information content (AvgIpc) is 2.21. The summed E-state index contributed by atoms with van der Waals surface area (Å²) in [6, 6.07) is 1.25. The Morgan fingerprint density at radius 2 is 2.14 bits per heavy atom. The van der Waals surface area contributed by atoms with Crippen molar-refractivity contribution in [3.8, 4) is 6.07 Å². The number of aliphatic hydroxyl groups is 1. The molecule has 0 saturated heterocycles. The summed E-state index contributed by atoms with van der Waals surface area (Å²) in [5.74, 6) is -1.69. The van der Waals surface area contributed by atoms with Gasteiger partial charge in [-0.05, 0) is 6.42 Å². The van der Waals surface area contributed by atoms with Crippen LogP contribution in [0.4, 0.5) is 0 Å². The zero-order chi connectivity index (χ0) is 11.0. The Labute approximate surface area is 81.9 Å². The molecule has 2 amide bonds. The van der Waals surface area contributed by atoms with Crippen LogP contribution in [0.5, 0.6) is 0 Å². The van der Waals surface area contributed by atoms with Gasteiger partial charge in [0.15, 0.2) is 0 Å². The maximum atomic E-state index is 11.0. The van der Waals surface area contributed by atoms with Gasteiger partial charge in [-0.25, -0.2) is 0 Å². The lowest BCUT2D eigenvalue weighted by atomic mass is 10.2. The number of nitriles is 1. The Hall–Kier alpha value is -1.61. The Bertz CT molecular complexity index is 243. The van der Waals surface area contributed by atoms with Crippen molar-refractivity contribution < 1.29 is 14.7 Å². The number of nitrogens with one attached hydrogen (secondary N) is 2. The first-order valence-electron chi connectivity index (χ1n) is 4.22. The molecule has 3 N–H and O–H groups in total. The molecule has 6 nitrogen and oxygen atoms in total.